The van der Waals surface area contributed by atoms with Crippen LogP contribution < -0.4 is 0 Å². The number of amides is 1. The van der Waals surface area contributed by atoms with Gasteiger partial charge in [-0.2, -0.15) is 5.10 Å². The van der Waals surface area contributed by atoms with Crippen molar-refractivity contribution in [3.63, 3.8) is 0 Å². The van der Waals surface area contributed by atoms with Crippen LogP contribution in [0, 0.1) is 0 Å². The van der Waals surface area contributed by atoms with Gasteiger partial charge in [0.05, 0.1) is 18.2 Å². The molecule has 0 saturated carbocycles. The third-order valence-electron chi connectivity index (χ3n) is 3.92. The molecule has 0 aliphatic carbocycles. The van der Waals surface area contributed by atoms with Gasteiger partial charge >= 0.3 is 0 Å². The van der Waals surface area contributed by atoms with Gasteiger partial charge < -0.3 is 9.32 Å². The maximum atomic E-state index is 12.6. The largest absolute Gasteiger partial charge is 0.459 e. The van der Waals surface area contributed by atoms with Crippen LogP contribution in [0.4, 0.5) is 0 Å². The number of nitrogens with zero attached hydrogens (tertiary/aromatic N) is 3. The highest BCUT2D eigenvalue weighted by atomic mass is 16.3. The minimum atomic E-state index is -0.234. The minimum Gasteiger partial charge on any atom is -0.459 e. The predicted octanol–water partition coefficient (Wildman–Crippen LogP) is 2.93. The average molecular weight is 297 g/mol. The Hall–Kier alpha value is -2.56. The quantitative estimate of drug-likeness (QED) is 0.744. The molecule has 0 aliphatic heterocycles. The van der Waals surface area contributed by atoms with Gasteiger partial charge in [-0.15, -0.1) is 0 Å². The molecular weight excluding hydrogens is 278 g/mol. The Kier molecular flexibility index (Phi) is 3.71. The van der Waals surface area contributed by atoms with Gasteiger partial charge in [-0.25, -0.2) is 0 Å². The van der Waals surface area contributed by atoms with E-state index in [0.29, 0.717) is 6.54 Å². The standard InChI is InChI=1S/C17H19N3O2/c1-12(15-8-9-18-20(15)3)17(21)19(2)11-14-10-13-6-4-5-7-16(13)22-14/h4-10,12H,11H2,1-3H3. The second-order valence-corrected chi connectivity index (χ2v) is 5.55. The number of para-hydroxylation sites is 1. The van der Waals surface area contributed by atoms with E-state index in [1.807, 2.05) is 50.4 Å². The first-order valence-corrected chi connectivity index (χ1v) is 7.26. The van der Waals surface area contributed by atoms with Crippen LogP contribution in [0.25, 0.3) is 11.0 Å². The monoisotopic (exact) mass is 297 g/mol. The highest BCUT2D eigenvalue weighted by Gasteiger charge is 2.22. The molecule has 1 aromatic carbocycles. The van der Waals surface area contributed by atoms with Gasteiger partial charge in [-0.1, -0.05) is 18.2 Å². The van der Waals surface area contributed by atoms with Gasteiger partial charge in [0.15, 0.2) is 0 Å². The number of furan rings is 1. The van der Waals surface area contributed by atoms with E-state index in [1.54, 1.807) is 22.8 Å². The maximum Gasteiger partial charge on any atom is 0.231 e. The molecular formula is C17H19N3O2. The van der Waals surface area contributed by atoms with Crippen LogP contribution in [-0.4, -0.2) is 27.6 Å². The van der Waals surface area contributed by atoms with Crippen molar-refractivity contribution in [2.24, 2.45) is 7.05 Å². The Labute approximate surface area is 129 Å². The van der Waals surface area contributed by atoms with Crippen LogP contribution in [-0.2, 0) is 18.4 Å². The zero-order chi connectivity index (χ0) is 15.7. The summed E-state index contributed by atoms with van der Waals surface area (Å²) in [5, 5.41) is 5.17. The number of aryl methyl sites for hydroxylation is 1. The van der Waals surface area contributed by atoms with Crippen LogP contribution in [0.1, 0.15) is 24.3 Å². The zero-order valence-corrected chi connectivity index (χ0v) is 13.0. The van der Waals surface area contributed by atoms with Crippen molar-refractivity contribution in [2.45, 2.75) is 19.4 Å². The molecule has 0 bridgehead atoms. The summed E-state index contributed by atoms with van der Waals surface area (Å²) in [6.07, 6.45) is 1.71. The fourth-order valence-corrected chi connectivity index (χ4v) is 2.69. The number of likely N-dealkylation sites (N-methyl/N-ethyl adjacent to an activating group) is 1. The van der Waals surface area contributed by atoms with Crippen molar-refractivity contribution in [3.05, 3.63) is 54.0 Å². The Morgan fingerprint density at radius 1 is 1.36 bits per heavy atom. The van der Waals surface area contributed by atoms with Gasteiger partial charge in [0.1, 0.15) is 11.3 Å². The normalized spacial score (nSPS) is 12.5. The number of carbonyl (C=O) groups excluding carboxylic acids is 1. The minimum absolute atomic E-state index is 0.0454. The number of aromatic nitrogens is 2. The van der Waals surface area contributed by atoms with Crippen molar-refractivity contribution in [2.75, 3.05) is 7.05 Å². The van der Waals surface area contributed by atoms with Crippen molar-refractivity contribution in [1.29, 1.82) is 0 Å². The van der Waals surface area contributed by atoms with E-state index in [9.17, 15) is 4.79 Å². The number of hydrogen-bond donors (Lipinski definition) is 0. The Balaban J connectivity index is 1.74. The predicted molar refractivity (Wildman–Crippen MR) is 84.3 cm³/mol. The molecule has 22 heavy (non-hydrogen) atoms. The molecule has 5 nitrogen and oxygen atoms in total. The van der Waals surface area contributed by atoms with Crippen LogP contribution in [0.15, 0.2) is 47.0 Å². The second kappa shape index (κ2) is 5.67. The van der Waals surface area contributed by atoms with Gasteiger partial charge in [0, 0.05) is 25.7 Å². The van der Waals surface area contributed by atoms with Crippen molar-refractivity contribution in [3.8, 4) is 0 Å². The summed E-state index contributed by atoms with van der Waals surface area (Å²) in [6, 6.07) is 11.7. The van der Waals surface area contributed by atoms with Crippen LogP contribution in [0.3, 0.4) is 0 Å². The van der Waals surface area contributed by atoms with E-state index in [-0.39, 0.29) is 11.8 Å². The van der Waals surface area contributed by atoms with Gasteiger partial charge in [-0.3, -0.25) is 9.48 Å². The van der Waals surface area contributed by atoms with E-state index in [0.717, 1.165) is 22.4 Å². The third kappa shape index (κ3) is 2.62. The van der Waals surface area contributed by atoms with E-state index in [1.165, 1.54) is 0 Å². The molecule has 2 heterocycles. The lowest BCUT2D eigenvalue weighted by atomic mass is 10.1. The Morgan fingerprint density at radius 3 is 2.82 bits per heavy atom. The number of benzene rings is 1. The molecule has 0 aliphatic rings. The number of carbonyl (C=O) groups is 1. The second-order valence-electron chi connectivity index (χ2n) is 5.55. The molecule has 3 aromatic rings. The Morgan fingerprint density at radius 2 is 2.14 bits per heavy atom. The lowest BCUT2D eigenvalue weighted by Crippen LogP contribution is -2.30. The summed E-state index contributed by atoms with van der Waals surface area (Å²) in [4.78, 5) is 14.2. The smallest absolute Gasteiger partial charge is 0.231 e. The molecule has 0 saturated heterocycles. The summed E-state index contributed by atoms with van der Waals surface area (Å²) in [7, 11) is 3.64. The van der Waals surface area contributed by atoms with Gasteiger partial charge in [0.2, 0.25) is 5.91 Å². The lowest BCUT2D eigenvalue weighted by molar-refractivity contribution is -0.132. The SMILES string of the molecule is CC(C(=O)N(C)Cc1cc2ccccc2o1)c1ccnn1C. The highest BCUT2D eigenvalue weighted by Crippen LogP contribution is 2.22. The first kappa shape index (κ1) is 14.4. The first-order chi connectivity index (χ1) is 10.6. The van der Waals surface area contributed by atoms with Crippen LogP contribution in [0.5, 0.6) is 0 Å². The Bertz CT molecular complexity index is 770. The molecule has 0 spiro atoms. The summed E-state index contributed by atoms with van der Waals surface area (Å²) in [5.41, 5.74) is 1.75. The molecule has 114 valence electrons. The summed E-state index contributed by atoms with van der Waals surface area (Å²) in [6.45, 7) is 2.35. The summed E-state index contributed by atoms with van der Waals surface area (Å²) in [5.74, 6) is 0.597. The molecule has 3 rings (SSSR count). The number of hydrogen-bond acceptors (Lipinski definition) is 3. The molecule has 5 heteroatoms. The van der Waals surface area contributed by atoms with Crippen LogP contribution >= 0.6 is 0 Å². The maximum absolute atomic E-state index is 12.6. The zero-order valence-electron chi connectivity index (χ0n) is 13.0. The number of rotatable bonds is 4. The van der Waals surface area contributed by atoms with E-state index < -0.39 is 0 Å². The first-order valence-electron chi connectivity index (χ1n) is 7.26. The van der Waals surface area contributed by atoms with Gasteiger partial charge in [0.25, 0.3) is 0 Å². The lowest BCUT2D eigenvalue weighted by Gasteiger charge is -2.20. The molecule has 0 N–H and O–H groups in total. The van der Waals surface area contributed by atoms with E-state index in [2.05, 4.69) is 5.10 Å². The highest BCUT2D eigenvalue weighted by molar-refractivity contribution is 5.83. The van der Waals surface area contributed by atoms with Gasteiger partial charge in [-0.05, 0) is 25.1 Å². The third-order valence-corrected chi connectivity index (χ3v) is 3.92. The van der Waals surface area contributed by atoms with E-state index >= 15 is 0 Å². The molecule has 0 radical (unpaired) electrons. The van der Waals surface area contributed by atoms with Crippen molar-refractivity contribution in [1.82, 2.24) is 14.7 Å². The summed E-state index contributed by atoms with van der Waals surface area (Å²) >= 11 is 0. The average Bonchev–Trinajstić information content (AvgIpc) is 3.10. The fourth-order valence-electron chi connectivity index (χ4n) is 2.69. The fraction of sp³-hybridized carbons (Fsp3) is 0.294. The van der Waals surface area contributed by atoms with E-state index in [4.69, 9.17) is 4.42 Å². The number of fused-ring (bicyclic) bond motifs is 1. The molecule has 0 fully saturated rings. The topological polar surface area (TPSA) is 51.3 Å². The van der Waals surface area contributed by atoms with Crippen molar-refractivity contribution < 1.29 is 9.21 Å². The van der Waals surface area contributed by atoms with Crippen LogP contribution in [0.2, 0.25) is 0 Å². The molecule has 2 aromatic heterocycles. The molecule has 1 unspecified atom stereocenters. The molecule has 1 atom stereocenters. The molecule has 1 amide bonds. The summed E-state index contributed by atoms with van der Waals surface area (Å²) < 4.78 is 7.51. The van der Waals surface area contributed by atoms with Crippen molar-refractivity contribution >= 4 is 16.9 Å².